The summed E-state index contributed by atoms with van der Waals surface area (Å²) in [4.78, 5) is 0. The molecule has 1 unspecified atom stereocenters. The molecule has 102 valence electrons. The maximum atomic E-state index is 5.84. The van der Waals surface area contributed by atoms with Gasteiger partial charge in [0, 0.05) is 18.1 Å². The Kier molecular flexibility index (Phi) is 6.29. The molecule has 0 heterocycles. The van der Waals surface area contributed by atoms with E-state index in [1.807, 2.05) is 38.1 Å². The minimum absolute atomic E-state index is 0.0600. The van der Waals surface area contributed by atoms with Gasteiger partial charge in [-0.1, -0.05) is 28.1 Å². The molecule has 0 amide bonds. The first-order valence-electron chi connectivity index (χ1n) is 6.11. The fourth-order valence-corrected chi connectivity index (χ4v) is 1.97. The third-order valence-corrected chi connectivity index (χ3v) is 3.50. The van der Waals surface area contributed by atoms with Gasteiger partial charge >= 0.3 is 0 Å². The van der Waals surface area contributed by atoms with Crippen molar-refractivity contribution in [1.82, 2.24) is 0 Å². The largest absolute Gasteiger partial charge is 0.379 e. The number of nitrogens with two attached hydrogens (primary N) is 1. The normalized spacial score (nSPS) is 13.6. The van der Waals surface area contributed by atoms with Gasteiger partial charge < -0.3 is 15.2 Å². The van der Waals surface area contributed by atoms with Gasteiger partial charge in [-0.25, -0.2) is 0 Å². The zero-order chi connectivity index (χ0) is 13.6. The molecular formula is C14H22BrNO2. The second-order valence-corrected chi connectivity index (χ2v) is 5.78. The minimum atomic E-state index is -0.156. The molecule has 0 bridgehead atoms. The zero-order valence-corrected chi connectivity index (χ0v) is 12.9. The molecule has 3 nitrogen and oxygen atoms in total. The third kappa shape index (κ3) is 5.06. The molecular weight excluding hydrogens is 294 g/mol. The fraction of sp³-hybridized carbons (Fsp3) is 0.571. The Bertz CT molecular complexity index is 369. The van der Waals surface area contributed by atoms with Gasteiger partial charge in [0.2, 0.25) is 0 Å². The Morgan fingerprint density at radius 3 is 2.67 bits per heavy atom. The molecule has 0 saturated carbocycles. The van der Waals surface area contributed by atoms with Crippen LogP contribution in [0, 0.1) is 0 Å². The number of benzene rings is 1. The predicted molar refractivity (Wildman–Crippen MR) is 77.6 cm³/mol. The number of rotatable bonds is 7. The highest BCUT2D eigenvalue weighted by Crippen LogP contribution is 2.22. The molecule has 0 radical (unpaired) electrons. The van der Waals surface area contributed by atoms with Crippen LogP contribution in [0.15, 0.2) is 28.7 Å². The van der Waals surface area contributed by atoms with Crippen LogP contribution in [0.2, 0.25) is 0 Å². The highest BCUT2D eigenvalue weighted by Gasteiger charge is 2.17. The smallest absolute Gasteiger partial charge is 0.0947 e. The molecule has 0 saturated heterocycles. The van der Waals surface area contributed by atoms with Crippen molar-refractivity contribution in [3.05, 3.63) is 34.3 Å². The van der Waals surface area contributed by atoms with E-state index in [0.29, 0.717) is 13.2 Å². The van der Waals surface area contributed by atoms with Gasteiger partial charge in [0.1, 0.15) is 0 Å². The number of hydrogen-bond donors (Lipinski definition) is 1. The van der Waals surface area contributed by atoms with E-state index in [0.717, 1.165) is 16.5 Å². The summed E-state index contributed by atoms with van der Waals surface area (Å²) >= 11 is 3.45. The first-order valence-corrected chi connectivity index (χ1v) is 6.90. The summed E-state index contributed by atoms with van der Waals surface area (Å²) in [5.74, 6) is 0. The van der Waals surface area contributed by atoms with Crippen molar-refractivity contribution in [1.29, 1.82) is 0 Å². The van der Waals surface area contributed by atoms with Crippen molar-refractivity contribution in [3.63, 3.8) is 0 Å². The minimum Gasteiger partial charge on any atom is -0.379 e. The summed E-state index contributed by atoms with van der Waals surface area (Å²) in [5.41, 5.74) is 6.71. The number of ether oxygens (including phenoxy) is 2. The lowest BCUT2D eigenvalue weighted by molar-refractivity contribution is -0.0257. The summed E-state index contributed by atoms with van der Waals surface area (Å²) in [6.07, 6.45) is 0.781. The van der Waals surface area contributed by atoms with Crippen LogP contribution in [-0.2, 0) is 9.47 Å². The Labute approximate surface area is 118 Å². The second-order valence-electron chi connectivity index (χ2n) is 4.86. The van der Waals surface area contributed by atoms with Crippen molar-refractivity contribution in [2.24, 2.45) is 5.73 Å². The Morgan fingerprint density at radius 1 is 1.39 bits per heavy atom. The average molecular weight is 316 g/mol. The van der Waals surface area contributed by atoms with E-state index in [4.69, 9.17) is 15.2 Å². The van der Waals surface area contributed by atoms with Crippen LogP contribution in [0.25, 0.3) is 0 Å². The quantitative estimate of drug-likeness (QED) is 0.839. The molecule has 0 fully saturated rings. The molecule has 1 aromatic rings. The van der Waals surface area contributed by atoms with Crippen molar-refractivity contribution >= 4 is 15.9 Å². The molecule has 2 N–H and O–H groups in total. The predicted octanol–water partition coefficient (Wildman–Crippen LogP) is 3.28. The van der Waals surface area contributed by atoms with Crippen molar-refractivity contribution in [3.8, 4) is 0 Å². The first kappa shape index (κ1) is 15.6. The third-order valence-electron chi connectivity index (χ3n) is 3.01. The van der Waals surface area contributed by atoms with E-state index in [1.54, 1.807) is 7.11 Å². The van der Waals surface area contributed by atoms with Crippen LogP contribution < -0.4 is 5.73 Å². The molecule has 4 heteroatoms. The van der Waals surface area contributed by atoms with Gasteiger partial charge in [0.05, 0.1) is 18.3 Å². The van der Waals surface area contributed by atoms with Crippen molar-refractivity contribution < 1.29 is 9.47 Å². The maximum absolute atomic E-state index is 5.84. The summed E-state index contributed by atoms with van der Waals surface area (Å²) in [6, 6.07) is 8.05. The zero-order valence-electron chi connectivity index (χ0n) is 11.3. The van der Waals surface area contributed by atoms with E-state index in [9.17, 15) is 0 Å². The molecule has 0 aliphatic carbocycles. The van der Waals surface area contributed by atoms with E-state index in [-0.39, 0.29) is 11.7 Å². The van der Waals surface area contributed by atoms with Crippen molar-refractivity contribution in [2.75, 3.05) is 20.3 Å². The Morgan fingerprint density at radius 2 is 2.11 bits per heavy atom. The topological polar surface area (TPSA) is 44.5 Å². The summed E-state index contributed by atoms with van der Waals surface area (Å²) < 4.78 is 12.2. The summed E-state index contributed by atoms with van der Waals surface area (Å²) in [6.45, 7) is 5.21. The van der Waals surface area contributed by atoms with Gasteiger partial charge in [0.15, 0.2) is 0 Å². The van der Waals surface area contributed by atoms with E-state index in [2.05, 4.69) is 15.9 Å². The molecule has 0 aliphatic rings. The SMILES string of the molecule is COC(C)(C)CCOC(CN)c1cccc(Br)c1. The van der Waals surface area contributed by atoms with Gasteiger partial charge in [-0.15, -0.1) is 0 Å². The Balaban J connectivity index is 2.53. The van der Waals surface area contributed by atoms with Crippen molar-refractivity contribution in [2.45, 2.75) is 32.0 Å². The maximum Gasteiger partial charge on any atom is 0.0947 e. The van der Waals surface area contributed by atoms with Crippen LogP contribution in [0.5, 0.6) is 0 Å². The molecule has 1 atom stereocenters. The summed E-state index contributed by atoms with van der Waals surface area (Å²) in [5, 5.41) is 0. The lowest BCUT2D eigenvalue weighted by Gasteiger charge is -2.24. The molecule has 0 spiro atoms. The second kappa shape index (κ2) is 7.24. The van der Waals surface area contributed by atoms with Crippen LogP contribution in [0.1, 0.15) is 31.9 Å². The standard InChI is InChI=1S/C14H22BrNO2/c1-14(2,17-3)7-8-18-13(10-16)11-5-4-6-12(15)9-11/h4-6,9,13H,7-8,10,16H2,1-3H3. The lowest BCUT2D eigenvalue weighted by atomic mass is 10.1. The highest BCUT2D eigenvalue weighted by atomic mass is 79.9. The Hall–Kier alpha value is -0.420. The molecule has 1 aromatic carbocycles. The van der Waals surface area contributed by atoms with Crippen LogP contribution >= 0.6 is 15.9 Å². The van der Waals surface area contributed by atoms with E-state index < -0.39 is 0 Å². The highest BCUT2D eigenvalue weighted by molar-refractivity contribution is 9.10. The monoisotopic (exact) mass is 315 g/mol. The first-order chi connectivity index (χ1) is 8.48. The molecule has 1 rings (SSSR count). The number of hydrogen-bond acceptors (Lipinski definition) is 3. The fourth-order valence-electron chi connectivity index (χ4n) is 1.56. The van der Waals surface area contributed by atoms with Gasteiger partial charge in [-0.05, 0) is 38.0 Å². The average Bonchev–Trinajstić information content (AvgIpc) is 2.34. The van der Waals surface area contributed by atoms with Crippen LogP contribution in [-0.4, -0.2) is 25.9 Å². The van der Waals surface area contributed by atoms with E-state index in [1.165, 1.54) is 0 Å². The van der Waals surface area contributed by atoms with Crippen LogP contribution in [0.4, 0.5) is 0 Å². The molecule has 18 heavy (non-hydrogen) atoms. The van der Waals surface area contributed by atoms with Gasteiger partial charge in [-0.2, -0.15) is 0 Å². The lowest BCUT2D eigenvalue weighted by Crippen LogP contribution is -2.26. The van der Waals surface area contributed by atoms with Gasteiger partial charge in [-0.3, -0.25) is 0 Å². The number of methoxy groups -OCH3 is 1. The summed E-state index contributed by atoms with van der Waals surface area (Å²) in [7, 11) is 1.72. The van der Waals surface area contributed by atoms with Crippen LogP contribution in [0.3, 0.4) is 0 Å². The van der Waals surface area contributed by atoms with E-state index >= 15 is 0 Å². The molecule has 0 aromatic heterocycles. The molecule has 0 aliphatic heterocycles. The number of halogens is 1. The van der Waals surface area contributed by atoms with Gasteiger partial charge in [0.25, 0.3) is 0 Å².